The molecule has 0 unspecified atom stereocenters. The molecule has 1 heterocycles. The van der Waals surface area contributed by atoms with E-state index in [4.69, 9.17) is 0 Å². The normalized spacial score (nSPS) is 36.5. The lowest BCUT2D eigenvalue weighted by molar-refractivity contribution is -0.152. The molecular weight excluding hydrogens is 246 g/mol. The molecule has 0 aliphatic heterocycles. The first-order valence-corrected chi connectivity index (χ1v) is 7.49. The van der Waals surface area contributed by atoms with E-state index in [1.807, 2.05) is 6.26 Å². The SMILES string of the molecule is CSc1ncc(C=O)c(NC23CC([C@H]2C)[C@H]3C)n1. The van der Waals surface area contributed by atoms with E-state index in [0.29, 0.717) is 28.4 Å². The van der Waals surface area contributed by atoms with Crippen LogP contribution in [0, 0.1) is 17.8 Å². The van der Waals surface area contributed by atoms with Crippen LogP contribution in [0.2, 0.25) is 0 Å². The fraction of sp³-hybridized carbons (Fsp3) is 0.615. The quantitative estimate of drug-likeness (QED) is 0.514. The van der Waals surface area contributed by atoms with E-state index < -0.39 is 0 Å². The van der Waals surface area contributed by atoms with Crippen molar-refractivity contribution in [2.24, 2.45) is 17.8 Å². The molecule has 0 radical (unpaired) electrons. The van der Waals surface area contributed by atoms with Crippen molar-refractivity contribution in [1.29, 1.82) is 0 Å². The molecule has 1 N–H and O–H groups in total. The Balaban J connectivity index is 1.90. The molecule has 3 aliphatic carbocycles. The fourth-order valence-electron chi connectivity index (χ4n) is 3.45. The second-order valence-electron chi connectivity index (χ2n) is 5.39. The van der Waals surface area contributed by atoms with Crippen molar-refractivity contribution in [3.05, 3.63) is 11.8 Å². The minimum absolute atomic E-state index is 0.159. The third-order valence-corrected chi connectivity index (χ3v) is 5.50. The molecule has 18 heavy (non-hydrogen) atoms. The van der Waals surface area contributed by atoms with Gasteiger partial charge < -0.3 is 5.32 Å². The lowest BCUT2D eigenvalue weighted by Crippen LogP contribution is -2.76. The Bertz CT molecular complexity index is 495. The Morgan fingerprint density at radius 1 is 1.50 bits per heavy atom. The highest BCUT2D eigenvalue weighted by Gasteiger charge is 2.69. The summed E-state index contributed by atoms with van der Waals surface area (Å²) in [6, 6.07) is 0. The summed E-state index contributed by atoms with van der Waals surface area (Å²) in [6.07, 6.45) is 5.57. The molecule has 3 aliphatic rings. The molecule has 5 heteroatoms. The number of hydrogen-bond donors (Lipinski definition) is 1. The third-order valence-electron chi connectivity index (χ3n) is 4.94. The Hall–Kier alpha value is -1.10. The number of aldehydes is 1. The molecule has 0 spiro atoms. The van der Waals surface area contributed by atoms with Gasteiger partial charge in [0.15, 0.2) is 11.4 Å². The summed E-state index contributed by atoms with van der Waals surface area (Å²) in [5, 5.41) is 4.22. The van der Waals surface area contributed by atoms with Crippen LogP contribution in [0.15, 0.2) is 11.4 Å². The Morgan fingerprint density at radius 3 is 2.72 bits per heavy atom. The highest BCUT2D eigenvalue weighted by molar-refractivity contribution is 7.98. The van der Waals surface area contributed by atoms with Gasteiger partial charge in [0.1, 0.15) is 5.82 Å². The highest BCUT2D eigenvalue weighted by atomic mass is 32.2. The van der Waals surface area contributed by atoms with Crippen molar-refractivity contribution in [2.45, 2.75) is 31.0 Å². The Kier molecular flexibility index (Phi) is 2.62. The maximum atomic E-state index is 11.1. The average Bonchev–Trinajstić information content (AvgIpc) is 2.42. The van der Waals surface area contributed by atoms with Crippen molar-refractivity contribution in [1.82, 2.24) is 9.97 Å². The van der Waals surface area contributed by atoms with Crippen molar-refractivity contribution >= 4 is 23.9 Å². The zero-order valence-electron chi connectivity index (χ0n) is 10.8. The van der Waals surface area contributed by atoms with Crippen molar-refractivity contribution in [3.63, 3.8) is 0 Å². The monoisotopic (exact) mass is 263 g/mol. The smallest absolute Gasteiger partial charge is 0.189 e. The van der Waals surface area contributed by atoms with Gasteiger partial charge in [0.05, 0.1) is 5.56 Å². The van der Waals surface area contributed by atoms with Crippen LogP contribution in [-0.4, -0.2) is 28.0 Å². The predicted molar refractivity (Wildman–Crippen MR) is 72.0 cm³/mol. The van der Waals surface area contributed by atoms with E-state index in [1.165, 1.54) is 18.2 Å². The van der Waals surface area contributed by atoms with Crippen LogP contribution >= 0.6 is 11.8 Å². The zero-order chi connectivity index (χ0) is 12.9. The van der Waals surface area contributed by atoms with Gasteiger partial charge in [0.25, 0.3) is 0 Å². The molecule has 2 atom stereocenters. The van der Waals surface area contributed by atoms with Crippen molar-refractivity contribution in [3.8, 4) is 0 Å². The summed E-state index contributed by atoms with van der Waals surface area (Å²) in [4.78, 5) is 19.6. The maximum absolute atomic E-state index is 11.1. The van der Waals surface area contributed by atoms with Gasteiger partial charge in [-0.15, -0.1) is 0 Å². The molecule has 3 saturated carbocycles. The van der Waals surface area contributed by atoms with Gasteiger partial charge in [-0.25, -0.2) is 9.97 Å². The van der Waals surface area contributed by atoms with Gasteiger partial charge in [-0.2, -0.15) is 0 Å². The minimum atomic E-state index is 0.159. The molecule has 4 nitrogen and oxygen atoms in total. The van der Waals surface area contributed by atoms with Gasteiger partial charge in [-0.1, -0.05) is 25.6 Å². The van der Waals surface area contributed by atoms with E-state index >= 15 is 0 Å². The topological polar surface area (TPSA) is 54.9 Å². The first-order chi connectivity index (χ1) is 8.62. The van der Waals surface area contributed by atoms with Crippen LogP contribution in [0.3, 0.4) is 0 Å². The predicted octanol–water partition coefficient (Wildman–Crippen LogP) is 2.47. The average molecular weight is 263 g/mol. The van der Waals surface area contributed by atoms with Gasteiger partial charge in [-0.3, -0.25) is 4.79 Å². The van der Waals surface area contributed by atoms with Crippen LogP contribution in [-0.2, 0) is 0 Å². The van der Waals surface area contributed by atoms with E-state index in [2.05, 4.69) is 29.1 Å². The highest BCUT2D eigenvalue weighted by Crippen LogP contribution is 2.67. The number of hydrogen-bond acceptors (Lipinski definition) is 5. The number of aromatic nitrogens is 2. The van der Waals surface area contributed by atoms with E-state index in [0.717, 1.165) is 12.2 Å². The van der Waals surface area contributed by atoms with E-state index in [-0.39, 0.29) is 5.54 Å². The standard InChI is InChI=1S/C13H17N3OS/c1-7-10-4-13(7,8(10)2)16-11-9(6-17)5-14-12(15-11)18-3/h5-8,10H,4H2,1-3H3,(H,14,15,16)/t7-,8-,10?,13?/m1/s1. The Morgan fingerprint density at radius 2 is 2.22 bits per heavy atom. The lowest BCUT2D eigenvalue weighted by atomic mass is 9.37. The minimum Gasteiger partial charge on any atom is -0.363 e. The lowest BCUT2D eigenvalue weighted by Gasteiger charge is -2.73. The molecule has 3 fully saturated rings. The van der Waals surface area contributed by atoms with E-state index in [1.54, 1.807) is 6.20 Å². The number of carbonyl (C=O) groups is 1. The second kappa shape index (κ2) is 3.95. The largest absolute Gasteiger partial charge is 0.363 e. The summed E-state index contributed by atoms with van der Waals surface area (Å²) in [7, 11) is 0. The summed E-state index contributed by atoms with van der Waals surface area (Å²) in [6.45, 7) is 4.55. The summed E-state index contributed by atoms with van der Waals surface area (Å²) in [5.41, 5.74) is 0.712. The summed E-state index contributed by atoms with van der Waals surface area (Å²) < 4.78 is 0. The van der Waals surface area contributed by atoms with Crippen LogP contribution in [0.1, 0.15) is 30.6 Å². The molecule has 1 aromatic rings. The first kappa shape index (κ1) is 12.0. The molecule has 1 aromatic heterocycles. The number of nitrogens with one attached hydrogen (secondary N) is 1. The van der Waals surface area contributed by atoms with Crippen molar-refractivity contribution in [2.75, 3.05) is 11.6 Å². The van der Waals surface area contributed by atoms with E-state index in [9.17, 15) is 4.79 Å². The molecule has 4 rings (SSSR count). The molecule has 2 bridgehead atoms. The third kappa shape index (κ3) is 1.37. The Labute approximate surface area is 111 Å². The number of anilines is 1. The second-order valence-corrected chi connectivity index (χ2v) is 6.16. The van der Waals surface area contributed by atoms with Crippen LogP contribution in [0.25, 0.3) is 0 Å². The number of carbonyl (C=O) groups excluding carboxylic acids is 1. The fourth-order valence-corrected chi connectivity index (χ4v) is 3.79. The zero-order valence-corrected chi connectivity index (χ0v) is 11.6. The summed E-state index contributed by atoms with van der Waals surface area (Å²) >= 11 is 1.49. The van der Waals surface area contributed by atoms with Crippen molar-refractivity contribution < 1.29 is 4.79 Å². The molecule has 0 saturated heterocycles. The first-order valence-electron chi connectivity index (χ1n) is 6.26. The van der Waals surface area contributed by atoms with Crippen LogP contribution in [0.5, 0.6) is 0 Å². The van der Waals surface area contributed by atoms with Gasteiger partial charge in [0.2, 0.25) is 0 Å². The molecule has 0 aromatic carbocycles. The molecular formula is C13H17N3OS. The number of nitrogens with zero attached hydrogens (tertiary/aromatic N) is 2. The van der Waals surface area contributed by atoms with Crippen LogP contribution in [0.4, 0.5) is 5.82 Å². The number of rotatable bonds is 4. The van der Waals surface area contributed by atoms with Crippen LogP contribution < -0.4 is 5.32 Å². The maximum Gasteiger partial charge on any atom is 0.189 e. The number of thioether (sulfide) groups is 1. The van der Waals surface area contributed by atoms with Gasteiger partial charge in [-0.05, 0) is 30.4 Å². The molecule has 96 valence electrons. The molecule has 0 amide bonds. The van der Waals surface area contributed by atoms with Gasteiger partial charge >= 0.3 is 0 Å². The van der Waals surface area contributed by atoms with Gasteiger partial charge in [0, 0.05) is 11.7 Å². The summed E-state index contributed by atoms with van der Waals surface area (Å²) in [5.74, 6) is 2.90.